The second kappa shape index (κ2) is 11.4. The van der Waals surface area contributed by atoms with Crippen molar-refractivity contribution in [1.82, 2.24) is 9.88 Å². The Kier molecular flexibility index (Phi) is 8.06. The van der Waals surface area contributed by atoms with E-state index in [0.717, 1.165) is 38.1 Å². The number of nitrogens with one attached hydrogen (secondary N) is 1. The summed E-state index contributed by atoms with van der Waals surface area (Å²) in [6, 6.07) is 9.40. The van der Waals surface area contributed by atoms with E-state index in [1.165, 1.54) is 18.2 Å². The van der Waals surface area contributed by atoms with Crippen molar-refractivity contribution in [3.63, 3.8) is 0 Å². The molecule has 0 atom stereocenters. The lowest BCUT2D eigenvalue weighted by Crippen LogP contribution is -2.42. The maximum absolute atomic E-state index is 15.2. The monoisotopic (exact) mass is 587 g/mol. The van der Waals surface area contributed by atoms with Gasteiger partial charge in [0.1, 0.15) is 18.2 Å². The Morgan fingerprint density at radius 2 is 1.71 bits per heavy atom. The zero-order valence-electron chi connectivity index (χ0n) is 24.0. The van der Waals surface area contributed by atoms with Gasteiger partial charge in [-0.2, -0.15) is 13.2 Å². The smallest absolute Gasteiger partial charge is 0.418 e. The van der Waals surface area contributed by atoms with Gasteiger partial charge in [0.25, 0.3) is 0 Å². The zero-order valence-corrected chi connectivity index (χ0v) is 24.0. The molecule has 0 aliphatic carbocycles. The van der Waals surface area contributed by atoms with Crippen LogP contribution in [0.2, 0.25) is 0 Å². The van der Waals surface area contributed by atoms with Gasteiger partial charge in [-0.15, -0.1) is 0 Å². The molecule has 6 nitrogen and oxygen atoms in total. The molecule has 0 radical (unpaired) electrons. The highest BCUT2D eigenvalue weighted by Crippen LogP contribution is 2.44. The topological polar surface area (TPSA) is 43.9 Å². The van der Waals surface area contributed by atoms with E-state index in [1.807, 2.05) is 32.8 Å². The predicted molar refractivity (Wildman–Crippen MR) is 155 cm³/mol. The summed E-state index contributed by atoms with van der Waals surface area (Å²) in [6.45, 7) is 9.20. The molecule has 1 fully saturated rings. The van der Waals surface area contributed by atoms with Gasteiger partial charge in [-0.25, -0.2) is 13.8 Å². The number of fused-ring (bicyclic) bond motifs is 1. The summed E-state index contributed by atoms with van der Waals surface area (Å²) in [5, 5.41) is 2.91. The molecule has 0 amide bonds. The molecular weight excluding hydrogens is 553 g/mol. The molecule has 3 heterocycles. The molecule has 5 rings (SSSR count). The van der Waals surface area contributed by atoms with Crippen molar-refractivity contribution in [2.45, 2.75) is 44.9 Å². The Bertz CT molecular complexity index is 1480. The summed E-state index contributed by atoms with van der Waals surface area (Å²) >= 11 is 0. The fourth-order valence-corrected chi connectivity index (χ4v) is 5.67. The number of halogens is 5. The summed E-state index contributed by atoms with van der Waals surface area (Å²) in [7, 11) is 4.08. The van der Waals surface area contributed by atoms with Crippen LogP contribution in [-0.4, -0.2) is 55.8 Å². The minimum absolute atomic E-state index is 0.0517. The van der Waals surface area contributed by atoms with Gasteiger partial charge in [0, 0.05) is 42.1 Å². The SMILES string of the molecule is C=C1COc2c(F)cc(-c3nc(Nc4ccc(N5CCC(N(C)C)CC5)c(F)c4)ccc3C(F)(F)F)cc2N1C(C)C. The highest BCUT2D eigenvalue weighted by atomic mass is 19.4. The fraction of sp³-hybridized carbons (Fsp3) is 0.387. The van der Waals surface area contributed by atoms with Crippen LogP contribution in [0.25, 0.3) is 11.3 Å². The Labute approximate surface area is 242 Å². The van der Waals surface area contributed by atoms with Gasteiger partial charge >= 0.3 is 6.18 Å². The predicted octanol–water partition coefficient (Wildman–Crippen LogP) is 7.44. The molecule has 0 bridgehead atoms. The van der Waals surface area contributed by atoms with E-state index in [2.05, 4.69) is 21.8 Å². The quantitative estimate of drug-likeness (QED) is 0.303. The van der Waals surface area contributed by atoms with E-state index in [1.54, 1.807) is 17.0 Å². The van der Waals surface area contributed by atoms with Gasteiger partial charge in [0.05, 0.1) is 22.6 Å². The lowest BCUT2D eigenvalue weighted by atomic mass is 10.0. The lowest BCUT2D eigenvalue weighted by molar-refractivity contribution is -0.137. The summed E-state index contributed by atoms with van der Waals surface area (Å²) in [6.07, 6.45) is -2.91. The summed E-state index contributed by atoms with van der Waals surface area (Å²) < 4.78 is 78.1. The molecule has 1 saturated heterocycles. The van der Waals surface area contributed by atoms with Crippen molar-refractivity contribution in [1.29, 1.82) is 0 Å². The van der Waals surface area contributed by atoms with Gasteiger partial charge < -0.3 is 24.8 Å². The molecule has 2 aliphatic heterocycles. The van der Waals surface area contributed by atoms with Crippen molar-refractivity contribution >= 4 is 22.9 Å². The van der Waals surface area contributed by atoms with E-state index in [0.29, 0.717) is 23.1 Å². The first-order valence-electron chi connectivity index (χ1n) is 13.8. The standard InChI is InChI=1S/C31H34F5N5O/c1-18(2)41-19(3)17-42-30-25(33)14-20(15-27(30)41)29-23(31(34,35)36)7-9-28(38-29)37-21-6-8-26(24(32)16-21)40-12-10-22(11-13-40)39(4)5/h6-9,14-16,18,22H,3,10-13,17H2,1-2,4-5H3,(H,37,38). The van der Waals surface area contributed by atoms with Crippen molar-refractivity contribution in [3.8, 4) is 17.0 Å². The summed E-state index contributed by atoms with van der Waals surface area (Å²) in [5.41, 5.74) is 0.0649. The van der Waals surface area contributed by atoms with Crippen molar-refractivity contribution < 1.29 is 26.7 Å². The van der Waals surface area contributed by atoms with Gasteiger partial charge in [-0.05, 0) is 83.2 Å². The average molecular weight is 588 g/mol. The second-order valence-corrected chi connectivity index (χ2v) is 11.2. The van der Waals surface area contributed by atoms with E-state index < -0.39 is 29.1 Å². The highest BCUT2D eigenvalue weighted by Gasteiger charge is 2.36. The molecule has 0 unspecified atom stereocenters. The Morgan fingerprint density at radius 1 is 1.00 bits per heavy atom. The minimum atomic E-state index is -4.75. The van der Waals surface area contributed by atoms with Gasteiger partial charge in [-0.3, -0.25) is 0 Å². The maximum Gasteiger partial charge on any atom is 0.418 e. The van der Waals surface area contributed by atoms with Crippen molar-refractivity contribution in [2.24, 2.45) is 0 Å². The zero-order chi connectivity index (χ0) is 30.3. The maximum atomic E-state index is 15.2. The molecule has 11 heteroatoms. The normalized spacial score (nSPS) is 16.2. The van der Waals surface area contributed by atoms with Crippen LogP contribution in [0.1, 0.15) is 32.3 Å². The molecule has 0 spiro atoms. The first-order valence-corrected chi connectivity index (χ1v) is 13.8. The molecule has 42 heavy (non-hydrogen) atoms. The number of nitrogens with zero attached hydrogens (tertiary/aromatic N) is 4. The van der Waals surface area contributed by atoms with E-state index in [9.17, 15) is 13.2 Å². The highest BCUT2D eigenvalue weighted by molar-refractivity contribution is 5.77. The molecule has 1 aromatic heterocycles. The van der Waals surface area contributed by atoms with Crippen LogP contribution >= 0.6 is 0 Å². The molecule has 224 valence electrons. The van der Waals surface area contributed by atoms with E-state index >= 15 is 8.78 Å². The molecule has 3 aromatic rings. The van der Waals surface area contributed by atoms with Crippen molar-refractivity contribution in [2.75, 3.05) is 48.9 Å². The number of pyridine rings is 1. The molecule has 2 aromatic carbocycles. The first kappa shape index (κ1) is 29.6. The number of alkyl halides is 3. The third-order valence-corrected chi connectivity index (χ3v) is 7.75. The van der Waals surface area contributed by atoms with E-state index in [-0.39, 0.29) is 35.5 Å². The minimum Gasteiger partial charge on any atom is -0.482 e. The second-order valence-electron chi connectivity index (χ2n) is 11.2. The lowest BCUT2D eigenvalue weighted by Gasteiger charge is -2.36. The number of ether oxygens (including phenoxy) is 1. The number of hydrogen-bond acceptors (Lipinski definition) is 6. The van der Waals surface area contributed by atoms with Crippen LogP contribution in [0.3, 0.4) is 0 Å². The van der Waals surface area contributed by atoms with Crippen LogP contribution in [0, 0.1) is 11.6 Å². The largest absolute Gasteiger partial charge is 0.482 e. The van der Waals surface area contributed by atoms with Crippen molar-refractivity contribution in [3.05, 3.63) is 71.9 Å². The van der Waals surface area contributed by atoms with Gasteiger partial charge in [0.15, 0.2) is 11.6 Å². The molecular formula is C31H34F5N5O. The Hall–Kier alpha value is -3.86. The van der Waals surface area contributed by atoms with Crippen LogP contribution in [0.5, 0.6) is 5.75 Å². The molecule has 1 N–H and O–H groups in total. The fourth-order valence-electron chi connectivity index (χ4n) is 5.67. The van der Waals surface area contributed by atoms with Crippen LogP contribution < -0.4 is 19.9 Å². The number of aromatic nitrogens is 1. The van der Waals surface area contributed by atoms with Crippen LogP contribution in [-0.2, 0) is 6.18 Å². The Balaban J connectivity index is 1.47. The van der Waals surface area contributed by atoms with Gasteiger partial charge in [-0.1, -0.05) is 6.58 Å². The number of rotatable bonds is 6. The average Bonchev–Trinajstić information content (AvgIpc) is 2.92. The number of hydrogen-bond donors (Lipinski definition) is 1. The molecule has 0 saturated carbocycles. The summed E-state index contributed by atoms with van der Waals surface area (Å²) in [4.78, 5) is 10.1. The van der Waals surface area contributed by atoms with Crippen LogP contribution in [0.15, 0.2) is 54.7 Å². The number of benzene rings is 2. The molecule has 2 aliphatic rings. The first-order chi connectivity index (χ1) is 19.8. The number of anilines is 4. The Morgan fingerprint density at radius 3 is 2.33 bits per heavy atom. The van der Waals surface area contributed by atoms with E-state index in [4.69, 9.17) is 4.74 Å². The third kappa shape index (κ3) is 5.88. The summed E-state index contributed by atoms with van der Waals surface area (Å²) in [5.74, 6) is -1.25. The van der Waals surface area contributed by atoms with Gasteiger partial charge in [0.2, 0.25) is 0 Å². The number of piperidine rings is 1. The third-order valence-electron chi connectivity index (χ3n) is 7.75. The van der Waals surface area contributed by atoms with Crippen LogP contribution in [0.4, 0.5) is 44.8 Å².